The maximum absolute atomic E-state index is 5.65. The fourth-order valence-corrected chi connectivity index (χ4v) is 5.00. The predicted octanol–water partition coefficient (Wildman–Crippen LogP) is 2.06. The molecule has 0 aromatic rings. The average Bonchev–Trinajstić information content (AvgIpc) is 2.97. The van der Waals surface area contributed by atoms with Crippen molar-refractivity contribution in [2.45, 2.75) is 36.8 Å². The van der Waals surface area contributed by atoms with Gasteiger partial charge in [0.2, 0.25) is 0 Å². The van der Waals surface area contributed by atoms with E-state index in [0.29, 0.717) is 15.1 Å². The van der Waals surface area contributed by atoms with Gasteiger partial charge in [0.25, 0.3) is 0 Å². The minimum absolute atomic E-state index is 0.0426. The largest absolute Gasteiger partial charge is 0.377 e. The summed E-state index contributed by atoms with van der Waals surface area (Å²) in [6.45, 7) is 2.02. The molecular weight excluding hydrogens is 232 g/mol. The number of hydrogen-bond acceptors (Lipinski definition) is 3. The zero-order chi connectivity index (χ0) is 12.5. The van der Waals surface area contributed by atoms with Crippen LogP contribution in [0.15, 0.2) is 12.2 Å². The molecule has 0 aliphatic heterocycles. The van der Waals surface area contributed by atoms with Gasteiger partial charge in [-0.25, -0.2) is 0 Å². The lowest BCUT2D eigenvalue weighted by molar-refractivity contribution is -0.206. The first-order chi connectivity index (χ1) is 8.15. The maximum Gasteiger partial charge on any atom is 0.171 e. The lowest BCUT2D eigenvalue weighted by atomic mass is 10.1. The van der Waals surface area contributed by atoms with Crippen molar-refractivity contribution >= 4 is 9.52 Å². The van der Waals surface area contributed by atoms with E-state index in [4.69, 9.17) is 14.2 Å². The van der Waals surface area contributed by atoms with Crippen LogP contribution in [-0.2, 0) is 14.2 Å². The third-order valence-electron chi connectivity index (χ3n) is 4.16. The van der Waals surface area contributed by atoms with Crippen LogP contribution in [-0.4, -0.2) is 42.4 Å². The molecule has 2 aliphatic rings. The van der Waals surface area contributed by atoms with Gasteiger partial charge in [0, 0.05) is 21.3 Å². The van der Waals surface area contributed by atoms with Crippen LogP contribution in [0, 0.1) is 11.8 Å². The molecule has 0 aromatic heterocycles. The van der Waals surface area contributed by atoms with E-state index in [-0.39, 0.29) is 6.10 Å². The summed E-state index contributed by atoms with van der Waals surface area (Å²) in [6, 6.07) is 0. The fourth-order valence-electron chi connectivity index (χ4n) is 3.01. The van der Waals surface area contributed by atoms with E-state index < -0.39 is 5.41 Å². The molecule has 4 heteroatoms. The van der Waals surface area contributed by atoms with Crippen LogP contribution in [0.5, 0.6) is 0 Å². The van der Waals surface area contributed by atoms with Gasteiger partial charge in [-0.1, -0.05) is 12.2 Å². The maximum atomic E-state index is 5.65. The summed E-state index contributed by atoms with van der Waals surface area (Å²) in [5.41, 5.74) is 0.125. The molecule has 0 saturated heterocycles. The lowest BCUT2D eigenvalue weighted by Gasteiger charge is -2.38. The molecule has 2 aliphatic carbocycles. The number of allylic oxidation sites excluding steroid dienone is 2. The van der Waals surface area contributed by atoms with Crippen LogP contribution in [0.4, 0.5) is 0 Å². The number of ether oxygens (including phenoxy) is 3. The second-order valence-electron chi connectivity index (χ2n) is 4.98. The average molecular weight is 254 g/mol. The summed E-state index contributed by atoms with van der Waals surface area (Å²) < 4.78 is 16.7. The molecular formula is C13H22O3Si. The highest BCUT2D eigenvalue weighted by atomic mass is 28.2. The Morgan fingerprint density at radius 3 is 2.29 bits per heavy atom. The molecule has 2 bridgehead atoms. The Kier molecular flexibility index (Phi) is 4.08. The summed E-state index contributed by atoms with van der Waals surface area (Å²) in [7, 11) is 5.78. The Balaban J connectivity index is 2.05. The Hall–Kier alpha value is -0.163. The Bertz CT molecular complexity index is 288. The quantitative estimate of drug-likeness (QED) is 0.412. The van der Waals surface area contributed by atoms with E-state index in [9.17, 15) is 0 Å². The molecule has 17 heavy (non-hydrogen) atoms. The third kappa shape index (κ3) is 2.36. The van der Waals surface area contributed by atoms with Gasteiger partial charge in [0.15, 0.2) is 5.41 Å². The minimum Gasteiger partial charge on any atom is -0.377 e. The smallest absolute Gasteiger partial charge is 0.171 e. The van der Waals surface area contributed by atoms with Gasteiger partial charge in [-0.05, 0) is 37.1 Å². The van der Waals surface area contributed by atoms with Crippen LogP contribution in [0.1, 0.15) is 19.8 Å². The van der Waals surface area contributed by atoms with Crippen LogP contribution in [0.25, 0.3) is 0 Å². The van der Waals surface area contributed by atoms with Crippen molar-refractivity contribution in [3.05, 3.63) is 12.2 Å². The summed E-state index contributed by atoms with van der Waals surface area (Å²) in [6.07, 6.45) is 7.30. The highest BCUT2D eigenvalue weighted by Gasteiger charge is 2.45. The molecule has 0 N–H and O–H groups in total. The third-order valence-corrected chi connectivity index (χ3v) is 6.41. The number of fused-ring (bicyclic) bond motifs is 2. The molecule has 3 nitrogen and oxygen atoms in total. The van der Waals surface area contributed by atoms with Gasteiger partial charge in [0.05, 0.1) is 0 Å². The standard InChI is InChI=1S/C13H22O3Si/c1-9(14-2)13(15-3,16-4)17-12-8-10-5-6-11(12)7-10/h5-6,9-12H,7-8H2,1-4H3. The van der Waals surface area contributed by atoms with Crippen LogP contribution >= 0.6 is 0 Å². The number of rotatable bonds is 6. The van der Waals surface area contributed by atoms with Crippen molar-refractivity contribution in [3.63, 3.8) is 0 Å². The van der Waals surface area contributed by atoms with Gasteiger partial charge in [-0.15, -0.1) is 0 Å². The molecule has 4 unspecified atom stereocenters. The first-order valence-corrected chi connectivity index (χ1v) is 7.32. The SMILES string of the molecule is COC(C)C(OC)(OC)[Si]C1CC2C=CC1C2. The molecule has 0 amide bonds. The van der Waals surface area contributed by atoms with E-state index >= 15 is 0 Å². The highest BCUT2D eigenvalue weighted by molar-refractivity contribution is 6.41. The Morgan fingerprint density at radius 1 is 1.18 bits per heavy atom. The first kappa shape index (κ1) is 13.3. The van der Waals surface area contributed by atoms with Crippen molar-refractivity contribution in [1.82, 2.24) is 0 Å². The second kappa shape index (κ2) is 5.22. The van der Waals surface area contributed by atoms with E-state index in [0.717, 1.165) is 11.8 Å². The van der Waals surface area contributed by atoms with Crippen molar-refractivity contribution in [3.8, 4) is 0 Å². The van der Waals surface area contributed by atoms with Crippen molar-refractivity contribution in [2.24, 2.45) is 11.8 Å². The van der Waals surface area contributed by atoms with Crippen LogP contribution in [0.2, 0.25) is 5.54 Å². The topological polar surface area (TPSA) is 27.7 Å². The molecule has 0 spiro atoms. The van der Waals surface area contributed by atoms with Crippen molar-refractivity contribution in [1.29, 1.82) is 0 Å². The molecule has 2 radical (unpaired) electrons. The van der Waals surface area contributed by atoms with Gasteiger partial charge in [0.1, 0.15) is 15.6 Å². The fraction of sp³-hybridized carbons (Fsp3) is 0.846. The zero-order valence-electron chi connectivity index (χ0n) is 11.1. The molecule has 0 aromatic carbocycles. The second-order valence-corrected chi connectivity index (χ2v) is 6.71. The Morgan fingerprint density at radius 2 is 1.88 bits per heavy atom. The predicted molar refractivity (Wildman–Crippen MR) is 68.1 cm³/mol. The van der Waals surface area contributed by atoms with Gasteiger partial charge >= 0.3 is 0 Å². The van der Waals surface area contributed by atoms with Crippen molar-refractivity contribution in [2.75, 3.05) is 21.3 Å². The molecule has 4 atom stereocenters. The monoisotopic (exact) mass is 254 g/mol. The summed E-state index contributed by atoms with van der Waals surface area (Å²) >= 11 is 0. The van der Waals surface area contributed by atoms with E-state index in [2.05, 4.69) is 12.2 Å². The number of hydrogen-bond donors (Lipinski definition) is 0. The summed E-state index contributed by atoms with van der Waals surface area (Å²) in [5.74, 6) is 1.52. The molecule has 96 valence electrons. The van der Waals surface area contributed by atoms with E-state index in [1.54, 1.807) is 21.3 Å². The Labute approximate surface area is 106 Å². The highest BCUT2D eigenvalue weighted by Crippen LogP contribution is 2.48. The first-order valence-electron chi connectivity index (χ1n) is 6.24. The summed E-state index contributed by atoms with van der Waals surface area (Å²) in [5, 5.41) is 0. The van der Waals surface area contributed by atoms with Crippen molar-refractivity contribution < 1.29 is 14.2 Å². The lowest BCUT2D eigenvalue weighted by Crippen LogP contribution is -2.52. The number of methoxy groups -OCH3 is 3. The van der Waals surface area contributed by atoms with Crippen LogP contribution in [0.3, 0.4) is 0 Å². The normalized spacial score (nSPS) is 33.3. The molecule has 0 heterocycles. The molecule has 1 fully saturated rings. The van der Waals surface area contributed by atoms with Gasteiger partial charge < -0.3 is 14.2 Å². The van der Waals surface area contributed by atoms with Gasteiger partial charge in [-0.2, -0.15) is 0 Å². The molecule has 2 rings (SSSR count). The van der Waals surface area contributed by atoms with E-state index in [1.165, 1.54) is 12.8 Å². The van der Waals surface area contributed by atoms with Crippen LogP contribution < -0.4 is 0 Å². The molecule has 1 saturated carbocycles. The van der Waals surface area contributed by atoms with E-state index in [1.807, 2.05) is 6.92 Å². The summed E-state index contributed by atoms with van der Waals surface area (Å²) in [4.78, 5) is 0. The minimum atomic E-state index is -0.572. The zero-order valence-corrected chi connectivity index (χ0v) is 12.1. The van der Waals surface area contributed by atoms with Gasteiger partial charge in [-0.3, -0.25) is 0 Å².